The van der Waals surface area contributed by atoms with Crippen LogP contribution in [0.1, 0.15) is 18.5 Å². The average molecular weight is 423 g/mol. The van der Waals surface area contributed by atoms with Crippen molar-refractivity contribution in [1.29, 1.82) is 0 Å². The fraction of sp³-hybridized carbons (Fsp3) is 0.571. The largest absolute Gasteiger partial charge is 0.446 e. The van der Waals surface area contributed by atoms with E-state index in [0.29, 0.717) is 41.9 Å². The van der Waals surface area contributed by atoms with Crippen LogP contribution in [0.3, 0.4) is 0 Å². The molecule has 0 atom stereocenters. The molecule has 0 unspecified atom stereocenters. The minimum Gasteiger partial charge on any atom is -0.446 e. The van der Waals surface area contributed by atoms with Gasteiger partial charge in [-0.3, -0.25) is 14.5 Å². The Kier molecular flexibility index (Phi) is 6.96. The van der Waals surface area contributed by atoms with Gasteiger partial charge in [0.25, 0.3) is 10.1 Å². The Morgan fingerprint density at radius 1 is 1.46 bits per heavy atom. The minimum absolute atomic E-state index is 0.0584. The van der Waals surface area contributed by atoms with Crippen LogP contribution in [0.25, 0.3) is 0 Å². The Balaban J connectivity index is 1.96. The van der Waals surface area contributed by atoms with Gasteiger partial charge in [0.15, 0.2) is 0 Å². The fourth-order valence-electron chi connectivity index (χ4n) is 2.15. The van der Waals surface area contributed by atoms with Crippen molar-refractivity contribution in [3.05, 3.63) is 22.4 Å². The lowest BCUT2D eigenvalue weighted by molar-refractivity contribution is 0.00591. The quantitative estimate of drug-likeness (QED) is 0.699. The van der Waals surface area contributed by atoms with E-state index in [1.807, 2.05) is 0 Å². The summed E-state index contributed by atoms with van der Waals surface area (Å²) in [5.74, 6) is 0. The van der Waals surface area contributed by atoms with Crippen LogP contribution in [0.15, 0.2) is 16.7 Å². The molecule has 0 bridgehead atoms. The van der Waals surface area contributed by atoms with Gasteiger partial charge in [0.2, 0.25) is 0 Å². The number of halogens is 1. The van der Waals surface area contributed by atoms with Crippen molar-refractivity contribution in [3.8, 4) is 0 Å². The lowest BCUT2D eigenvalue weighted by Crippen LogP contribution is -2.28. The summed E-state index contributed by atoms with van der Waals surface area (Å²) in [6.07, 6.45) is 3.35. The van der Waals surface area contributed by atoms with Crippen molar-refractivity contribution >= 4 is 37.8 Å². The molecule has 2 heterocycles. The maximum absolute atomic E-state index is 12.0. The Morgan fingerprint density at radius 2 is 2.17 bits per heavy atom. The summed E-state index contributed by atoms with van der Waals surface area (Å²) in [6.45, 7) is 1.09. The third-order valence-electron chi connectivity index (χ3n) is 3.25. The zero-order valence-electron chi connectivity index (χ0n) is 13.2. The smallest absolute Gasteiger partial charge is 0.411 e. The second kappa shape index (κ2) is 8.75. The molecule has 134 valence electrons. The van der Waals surface area contributed by atoms with Crippen molar-refractivity contribution in [2.45, 2.75) is 25.4 Å². The second-order valence-electron chi connectivity index (χ2n) is 5.27. The number of hydrogen-bond donors (Lipinski definition) is 1. The van der Waals surface area contributed by atoms with E-state index >= 15 is 0 Å². The SMILES string of the molecule is CS(=O)(=O)OCCc1ncc(Br)cc1NC(=O)OC1CCOCC1. The van der Waals surface area contributed by atoms with Gasteiger partial charge in [0.1, 0.15) is 6.10 Å². The summed E-state index contributed by atoms with van der Waals surface area (Å²) in [4.78, 5) is 16.2. The summed E-state index contributed by atoms with van der Waals surface area (Å²) < 4.78 is 38.0. The van der Waals surface area contributed by atoms with Crippen LogP contribution < -0.4 is 5.32 Å². The highest BCUT2D eigenvalue weighted by atomic mass is 79.9. The molecule has 1 amide bonds. The summed E-state index contributed by atoms with van der Waals surface area (Å²) in [5, 5.41) is 2.65. The van der Waals surface area contributed by atoms with E-state index in [9.17, 15) is 13.2 Å². The number of ether oxygens (including phenoxy) is 2. The molecular formula is C14H19BrN2O6S. The van der Waals surface area contributed by atoms with Gasteiger partial charge in [0.05, 0.1) is 37.5 Å². The molecule has 10 heteroatoms. The van der Waals surface area contributed by atoms with Gasteiger partial charge in [-0.05, 0) is 22.0 Å². The number of rotatable bonds is 6. The van der Waals surface area contributed by atoms with E-state index in [4.69, 9.17) is 13.7 Å². The molecule has 0 spiro atoms. The second-order valence-corrected chi connectivity index (χ2v) is 7.83. The van der Waals surface area contributed by atoms with Crippen LogP contribution in [0.2, 0.25) is 0 Å². The van der Waals surface area contributed by atoms with E-state index in [1.54, 1.807) is 12.3 Å². The molecular weight excluding hydrogens is 404 g/mol. The highest BCUT2D eigenvalue weighted by Gasteiger charge is 2.19. The van der Waals surface area contributed by atoms with E-state index in [1.165, 1.54) is 0 Å². The monoisotopic (exact) mass is 422 g/mol. The molecule has 1 aliphatic rings. The first-order valence-corrected chi connectivity index (χ1v) is 9.98. The van der Waals surface area contributed by atoms with Gasteiger partial charge in [-0.15, -0.1) is 0 Å². The number of anilines is 1. The minimum atomic E-state index is -3.52. The van der Waals surface area contributed by atoms with Crippen LogP contribution in [0.5, 0.6) is 0 Å². The van der Waals surface area contributed by atoms with Crippen LogP contribution in [0.4, 0.5) is 10.5 Å². The van der Waals surface area contributed by atoms with Gasteiger partial charge < -0.3 is 9.47 Å². The summed E-state index contributed by atoms with van der Waals surface area (Å²) in [5.41, 5.74) is 0.948. The molecule has 0 radical (unpaired) electrons. The zero-order chi connectivity index (χ0) is 17.6. The van der Waals surface area contributed by atoms with Crippen molar-refractivity contribution in [1.82, 2.24) is 4.98 Å². The van der Waals surface area contributed by atoms with Gasteiger partial charge in [-0.25, -0.2) is 4.79 Å². The van der Waals surface area contributed by atoms with E-state index in [-0.39, 0.29) is 19.1 Å². The van der Waals surface area contributed by atoms with Crippen LogP contribution in [0, 0.1) is 0 Å². The molecule has 1 N–H and O–H groups in total. The van der Waals surface area contributed by atoms with Crippen molar-refractivity contribution in [2.24, 2.45) is 0 Å². The number of amides is 1. The molecule has 0 aromatic carbocycles. The predicted molar refractivity (Wildman–Crippen MR) is 90.4 cm³/mol. The maximum Gasteiger partial charge on any atom is 0.411 e. The predicted octanol–water partition coefficient (Wildman–Crippen LogP) is 2.09. The number of nitrogens with one attached hydrogen (secondary N) is 1. The molecule has 0 saturated carbocycles. The lowest BCUT2D eigenvalue weighted by Gasteiger charge is -2.22. The molecule has 1 fully saturated rings. The van der Waals surface area contributed by atoms with E-state index < -0.39 is 16.2 Å². The normalized spacial score (nSPS) is 15.9. The molecule has 0 aliphatic carbocycles. The Bertz CT molecular complexity index is 676. The standard InChI is InChI=1S/C14H19BrN2O6S/c1-24(19,20)22-7-4-12-13(8-10(15)9-16-12)17-14(18)23-11-2-5-21-6-3-11/h8-9,11H,2-7H2,1H3,(H,17,18). The Labute approximate surface area is 149 Å². The number of aromatic nitrogens is 1. The first kappa shape index (κ1) is 19.1. The molecule has 2 rings (SSSR count). The third-order valence-corrected chi connectivity index (χ3v) is 4.28. The van der Waals surface area contributed by atoms with Gasteiger partial charge in [0, 0.05) is 29.9 Å². The first-order chi connectivity index (χ1) is 11.3. The van der Waals surface area contributed by atoms with Crippen molar-refractivity contribution in [3.63, 3.8) is 0 Å². The Morgan fingerprint density at radius 3 is 2.83 bits per heavy atom. The number of pyridine rings is 1. The molecule has 1 aromatic rings. The average Bonchev–Trinajstić information content (AvgIpc) is 2.49. The van der Waals surface area contributed by atoms with Crippen molar-refractivity contribution < 1.29 is 26.9 Å². The van der Waals surface area contributed by atoms with Crippen LogP contribution in [-0.2, 0) is 30.2 Å². The van der Waals surface area contributed by atoms with Gasteiger partial charge in [-0.2, -0.15) is 8.42 Å². The molecule has 1 aromatic heterocycles. The maximum atomic E-state index is 12.0. The summed E-state index contributed by atoms with van der Waals surface area (Å²) in [7, 11) is -3.52. The first-order valence-electron chi connectivity index (χ1n) is 7.38. The summed E-state index contributed by atoms with van der Waals surface area (Å²) >= 11 is 3.29. The van der Waals surface area contributed by atoms with E-state index in [0.717, 1.165) is 6.26 Å². The zero-order valence-corrected chi connectivity index (χ0v) is 15.6. The summed E-state index contributed by atoms with van der Waals surface area (Å²) in [6, 6.07) is 1.67. The highest BCUT2D eigenvalue weighted by Crippen LogP contribution is 2.21. The number of nitrogens with zero attached hydrogens (tertiary/aromatic N) is 1. The Hall–Kier alpha value is -1.23. The topological polar surface area (TPSA) is 104 Å². The molecule has 1 aliphatic heterocycles. The fourth-order valence-corrected chi connectivity index (χ4v) is 2.87. The number of hydrogen-bond acceptors (Lipinski definition) is 7. The third kappa shape index (κ3) is 6.71. The molecule has 8 nitrogen and oxygen atoms in total. The number of carbonyl (C=O) groups excluding carboxylic acids is 1. The van der Waals surface area contributed by atoms with Crippen LogP contribution >= 0.6 is 15.9 Å². The molecule has 1 saturated heterocycles. The van der Waals surface area contributed by atoms with Gasteiger partial charge >= 0.3 is 6.09 Å². The highest BCUT2D eigenvalue weighted by molar-refractivity contribution is 9.10. The lowest BCUT2D eigenvalue weighted by atomic mass is 10.2. The van der Waals surface area contributed by atoms with E-state index in [2.05, 4.69) is 26.2 Å². The van der Waals surface area contributed by atoms with Gasteiger partial charge in [-0.1, -0.05) is 0 Å². The number of carbonyl (C=O) groups is 1. The molecule has 24 heavy (non-hydrogen) atoms. The van der Waals surface area contributed by atoms with Crippen molar-refractivity contribution in [2.75, 3.05) is 31.4 Å². The van der Waals surface area contributed by atoms with Crippen LogP contribution in [-0.4, -0.2) is 51.7 Å².